The van der Waals surface area contributed by atoms with Crippen molar-refractivity contribution >= 4 is 84.1 Å². The van der Waals surface area contributed by atoms with Crippen molar-refractivity contribution in [2.24, 2.45) is 64.6 Å². The molecule has 8 N–H and O–H groups in total. The van der Waals surface area contributed by atoms with Crippen molar-refractivity contribution in [1.82, 2.24) is 54.6 Å². The second kappa shape index (κ2) is 47.0. The Balaban J connectivity index is 0.000000887. The summed E-state index contributed by atoms with van der Waals surface area (Å²) in [7, 11) is 15.1. The van der Waals surface area contributed by atoms with Crippen LogP contribution in [0.1, 0.15) is 37.1 Å². The summed E-state index contributed by atoms with van der Waals surface area (Å²) in [6.07, 6.45) is 5.45. The van der Waals surface area contributed by atoms with Gasteiger partial charge in [0.05, 0.1) is 23.9 Å². The van der Waals surface area contributed by atoms with Gasteiger partial charge in [0.1, 0.15) is 23.6 Å². The van der Waals surface area contributed by atoms with Crippen molar-refractivity contribution in [3.05, 3.63) is 52.8 Å². The van der Waals surface area contributed by atoms with Gasteiger partial charge in [-0.2, -0.15) is 49.7 Å². The first-order valence-corrected chi connectivity index (χ1v) is 34.5. The molecule has 0 amide bonds. The van der Waals surface area contributed by atoms with Crippen molar-refractivity contribution in [2.45, 2.75) is 63.9 Å². The molecule has 8 bridgehead atoms. The first kappa shape index (κ1) is 76.6. The molecule has 80 heavy (non-hydrogen) atoms. The van der Waals surface area contributed by atoms with Gasteiger partial charge >= 0.3 is 16.7 Å². The van der Waals surface area contributed by atoms with Gasteiger partial charge in [0.15, 0.2) is 0 Å². The predicted molar refractivity (Wildman–Crippen MR) is 331 cm³/mol. The Morgan fingerprint density at radius 2 is 0.800 bits per heavy atom. The zero-order valence-electron chi connectivity index (χ0n) is 47.7. The lowest BCUT2D eigenvalue weighted by Gasteiger charge is -2.22. The van der Waals surface area contributed by atoms with Gasteiger partial charge in [-0.05, 0) is 65.7 Å². The van der Waals surface area contributed by atoms with E-state index in [4.69, 9.17) is 19.7 Å². The molecule has 4 aromatic heterocycles. The number of ether oxygens (including phenoxy) is 2. The number of piperidine rings is 4. The highest BCUT2D eigenvalue weighted by molar-refractivity contribution is 15.0. The van der Waals surface area contributed by atoms with Crippen LogP contribution in [0.25, 0.3) is 0 Å². The minimum absolute atomic E-state index is 0.00347. The van der Waals surface area contributed by atoms with Crippen LogP contribution in [0.5, 0.6) is 11.8 Å². The predicted octanol–water partition coefficient (Wildman–Crippen LogP) is 3.26. The number of fused-ring (bicyclic) bond motifs is 8. The highest BCUT2D eigenvalue weighted by Crippen LogP contribution is 2.32. The van der Waals surface area contributed by atoms with E-state index in [1.54, 1.807) is 63.3 Å². The molecule has 12 rings (SSSR count). The molecule has 0 aliphatic carbocycles. The largest absolute Gasteiger partial charge is 0.471 e. The summed E-state index contributed by atoms with van der Waals surface area (Å²) in [6.45, 7) is 17.0. The summed E-state index contributed by atoms with van der Waals surface area (Å²) in [4.78, 5) is 51.0. The van der Waals surface area contributed by atoms with Crippen LogP contribution in [0.4, 0.5) is 0 Å². The van der Waals surface area contributed by atoms with Gasteiger partial charge in [-0.15, -0.1) is 8.75 Å². The number of rotatable bonds is 4. The fourth-order valence-corrected chi connectivity index (χ4v) is 10.4. The van der Waals surface area contributed by atoms with Crippen LogP contribution in [0.2, 0.25) is 0 Å². The number of aliphatic hydroxyl groups is 4. The third kappa shape index (κ3) is 29.7. The number of halogens is 2. The van der Waals surface area contributed by atoms with Crippen molar-refractivity contribution < 1.29 is 29.9 Å². The van der Waals surface area contributed by atoms with E-state index in [0.29, 0.717) is 29.6 Å². The smallest absolute Gasteiger partial charge is 0.324 e. The van der Waals surface area contributed by atoms with Crippen LogP contribution in [-0.2, 0) is 0 Å². The average molecular weight is 1440 g/mol. The quantitative estimate of drug-likeness (QED) is 0.0826. The van der Waals surface area contributed by atoms with Crippen LogP contribution < -0.4 is 31.7 Å². The third-order valence-electron chi connectivity index (χ3n) is 12.7. The zero-order valence-corrected chi connectivity index (χ0v) is 55.3. The van der Waals surface area contributed by atoms with Crippen molar-refractivity contribution in [3.8, 4) is 11.8 Å². The van der Waals surface area contributed by atoms with Gasteiger partial charge < -0.3 is 39.7 Å². The van der Waals surface area contributed by atoms with E-state index in [0.717, 1.165) is 113 Å². The molecule has 12 heterocycles. The summed E-state index contributed by atoms with van der Waals surface area (Å²) in [5.41, 5.74) is 0.0329. The van der Waals surface area contributed by atoms with Gasteiger partial charge in [0.25, 0.3) is 11.4 Å². The molecular weight excluding hydrogens is 1350 g/mol. The van der Waals surface area contributed by atoms with Crippen LogP contribution >= 0.6 is 84.1 Å². The Labute approximate surface area is 507 Å². The molecule has 0 aromatic carbocycles. The van der Waals surface area contributed by atoms with Crippen LogP contribution in [-0.4, -0.2) is 249 Å². The lowest BCUT2D eigenvalue weighted by atomic mass is 10.0. The van der Waals surface area contributed by atoms with E-state index in [9.17, 15) is 29.4 Å². The summed E-state index contributed by atoms with van der Waals surface area (Å²) < 4.78 is 36.7. The first-order valence-electron chi connectivity index (χ1n) is 25.1. The monoisotopic (exact) mass is 1430 g/mol. The summed E-state index contributed by atoms with van der Waals surface area (Å²) in [6, 6.07) is 0. The van der Waals surface area contributed by atoms with Crippen molar-refractivity contribution in [3.63, 3.8) is 0 Å². The van der Waals surface area contributed by atoms with Gasteiger partial charge in [0.2, 0.25) is 5.88 Å². The normalized spacial score (nSPS) is 26.6. The molecular formula is C44H84I2N20O10S4. The maximum Gasteiger partial charge on any atom is 0.324 e. The standard InChI is InChI=1S/C9H13N3OS.C8H11N3O2S.2C6H11NO.C3H4N2OS.C2H2N2O2S.4C2H6N2.2CH4O.I2/c1-6-9(11-14-10-6)13-8-5-12-3-2-7(8)4-12;12-7-8(10-14-9-7)13-6-4-11-2-1-5(6)3-11;2*8-6-4-7-2-1-5(6)3-7;1-2-3(6)5-7-4-2;5-1-2(6)4-7-3-1;4*1-3-4-2;3*1-2/h7-8H,2-5H2,1H3;5-6H,1-4H2,(H,9,12);2*5-6,8H,1-4H2;1H3,(H,5,6);(H,3,5)(H,4,6);4*1-2H3;2*2H,1H3;. The van der Waals surface area contributed by atoms with Crippen LogP contribution in [0.3, 0.4) is 0 Å². The summed E-state index contributed by atoms with van der Waals surface area (Å²) >= 11 is 8.48. The number of aliphatic hydroxyl groups excluding tert-OH is 4. The molecule has 458 valence electrons. The molecule has 8 aliphatic heterocycles. The molecule has 12 unspecified atom stereocenters. The molecule has 0 saturated carbocycles. The minimum Gasteiger partial charge on any atom is -0.471 e. The van der Waals surface area contributed by atoms with E-state index in [1.165, 1.54) is 70.1 Å². The lowest BCUT2D eigenvalue weighted by molar-refractivity contribution is 0.117. The number of aryl methyl sites for hydroxylation is 2. The van der Waals surface area contributed by atoms with Crippen molar-refractivity contribution in [2.75, 3.05) is 149 Å². The number of H-pyrrole nitrogens is 4. The van der Waals surface area contributed by atoms with Gasteiger partial charge in [-0.3, -0.25) is 46.5 Å². The number of azo groups is 4. The molecule has 0 radical (unpaired) electrons. The number of aromatic nitrogens is 8. The second-order valence-electron chi connectivity index (χ2n) is 17.5. The number of nitrogens with zero attached hydrogens (tertiary/aromatic N) is 16. The van der Waals surface area contributed by atoms with Crippen LogP contribution in [0.15, 0.2) is 60.1 Å². The fraction of sp³-hybridized carbons (Fsp3) is 0.818. The lowest BCUT2D eigenvalue weighted by Crippen LogP contribution is -2.33. The van der Waals surface area contributed by atoms with Crippen LogP contribution in [0, 0.1) is 37.5 Å². The zero-order chi connectivity index (χ0) is 60.4. The molecule has 30 nitrogen and oxygen atoms in total. The maximum atomic E-state index is 11.2. The maximum absolute atomic E-state index is 11.2. The van der Waals surface area contributed by atoms with Gasteiger partial charge in [-0.1, -0.05) is 0 Å². The topological polar surface area (TPSA) is 394 Å². The molecule has 0 spiro atoms. The van der Waals surface area contributed by atoms with Gasteiger partial charge in [-0.25, -0.2) is 0 Å². The highest BCUT2D eigenvalue weighted by atomic mass is 128. The Morgan fingerprint density at radius 1 is 0.450 bits per heavy atom. The SMILES string of the molecule is CN=NC.CN=NC.CN=NC.CN=NC.CO.CO.Cc1ns[nH]c1=O.Cc1nsnc1OC1CN2CCC1C2.II.O=c1[nH]s[nH]c1=O.O=c1[nH]snc1OC1CN2CCC1C2.OC1CN2CCC1C2.OC1CN2CCC1C2. The first-order chi connectivity index (χ1) is 38.6. The van der Waals surface area contributed by atoms with E-state index < -0.39 is 11.1 Å². The number of hydrogen-bond donors (Lipinski definition) is 8. The van der Waals surface area contributed by atoms with E-state index >= 15 is 0 Å². The Bertz CT molecular complexity index is 2380. The van der Waals surface area contributed by atoms with E-state index in [2.05, 4.69) is 133 Å². The van der Waals surface area contributed by atoms with E-state index in [1.807, 2.05) is 6.92 Å². The summed E-state index contributed by atoms with van der Waals surface area (Å²) in [5, 5.41) is 59.2. The summed E-state index contributed by atoms with van der Waals surface area (Å²) in [5.74, 6) is 3.54. The molecule has 8 fully saturated rings. The molecule has 8 aliphatic rings. The molecule has 12 atom stereocenters. The molecule has 4 aromatic rings. The molecule has 36 heteroatoms. The average Bonchev–Trinajstić information content (AvgIpc) is 4.32. The van der Waals surface area contributed by atoms with Gasteiger partial charge in [0, 0.05) is 219 Å². The second-order valence-corrected chi connectivity index (χ2v) is 19.8. The number of aromatic amines is 4. The number of hydrogen-bond acceptors (Lipinski definition) is 30. The Morgan fingerprint density at radius 3 is 0.988 bits per heavy atom. The highest BCUT2D eigenvalue weighted by Gasteiger charge is 2.41. The molecule has 8 saturated heterocycles. The Kier molecular flexibility index (Phi) is 45.0. The van der Waals surface area contributed by atoms with E-state index in [-0.39, 0.29) is 35.3 Å². The minimum atomic E-state index is -0.579. The Hall–Kier alpha value is -3.42. The third-order valence-corrected chi connectivity index (χ3v) is 15.0. The van der Waals surface area contributed by atoms with Crippen molar-refractivity contribution in [1.29, 1.82) is 0 Å². The fourth-order valence-electron chi connectivity index (χ4n) is 8.59. The number of nitrogens with one attached hydrogen (secondary N) is 4.